The van der Waals surface area contributed by atoms with Crippen molar-refractivity contribution in [3.63, 3.8) is 0 Å². The Kier molecular flexibility index (Phi) is 5.08. The average molecular weight is 375 g/mol. The van der Waals surface area contributed by atoms with Gasteiger partial charge in [0.25, 0.3) is 5.91 Å². The maximum absolute atomic E-state index is 12.9. The molecule has 1 N–H and O–H groups in total. The predicted octanol–water partition coefficient (Wildman–Crippen LogP) is 2.13. The number of ether oxygens (including phenoxy) is 1. The molecule has 3 rings (SSSR count). The maximum atomic E-state index is 12.9. The van der Waals surface area contributed by atoms with Crippen LogP contribution in [0.5, 0.6) is 0 Å². The van der Waals surface area contributed by atoms with Crippen molar-refractivity contribution in [2.24, 2.45) is 0 Å². The summed E-state index contributed by atoms with van der Waals surface area (Å²) in [6.45, 7) is 4.73. The van der Waals surface area contributed by atoms with Gasteiger partial charge in [-0.2, -0.15) is 4.31 Å². The van der Waals surface area contributed by atoms with Gasteiger partial charge in [-0.1, -0.05) is 0 Å². The topological polar surface area (TPSA) is 88.6 Å². The Hall–Kier alpha value is -2.29. The van der Waals surface area contributed by atoms with Gasteiger partial charge < -0.3 is 10.1 Å². The van der Waals surface area contributed by atoms with Gasteiger partial charge in [-0.25, -0.2) is 8.42 Å². The summed E-state index contributed by atoms with van der Waals surface area (Å²) in [5.74, 6) is -0.280. The van der Waals surface area contributed by atoms with Crippen LogP contribution >= 0.6 is 0 Å². The molecule has 0 atom stereocenters. The van der Waals surface area contributed by atoms with E-state index in [1.165, 1.54) is 28.8 Å². The molecule has 1 amide bonds. The number of benzene rings is 1. The molecule has 7 nitrogen and oxygen atoms in total. The molecule has 26 heavy (non-hydrogen) atoms. The Balaban J connectivity index is 1.78. The molecule has 8 heteroatoms. The molecule has 2 heterocycles. The summed E-state index contributed by atoms with van der Waals surface area (Å²) in [7, 11) is -3.63. The zero-order valence-electron chi connectivity index (χ0n) is 14.7. The molecule has 2 aromatic rings. The Morgan fingerprint density at radius 1 is 1.15 bits per heavy atom. The van der Waals surface area contributed by atoms with Crippen molar-refractivity contribution >= 4 is 21.6 Å². The van der Waals surface area contributed by atoms with Crippen molar-refractivity contribution in [1.82, 2.24) is 9.29 Å². The smallest absolute Gasteiger partial charge is 0.255 e. The highest BCUT2D eigenvalue weighted by Crippen LogP contribution is 2.28. The molecule has 1 fully saturated rings. The lowest BCUT2D eigenvalue weighted by Crippen LogP contribution is -2.55. The molecule has 1 aromatic heterocycles. The van der Waals surface area contributed by atoms with E-state index >= 15 is 0 Å². The molecule has 0 bridgehead atoms. The van der Waals surface area contributed by atoms with Crippen molar-refractivity contribution < 1.29 is 17.9 Å². The number of hydrogen-bond acceptors (Lipinski definition) is 5. The fourth-order valence-electron chi connectivity index (χ4n) is 2.83. The van der Waals surface area contributed by atoms with Crippen molar-refractivity contribution in [3.8, 4) is 0 Å². The van der Waals surface area contributed by atoms with Crippen LogP contribution < -0.4 is 5.32 Å². The molecule has 0 radical (unpaired) electrons. The number of carbonyl (C=O) groups is 1. The van der Waals surface area contributed by atoms with Crippen LogP contribution in [0.4, 0.5) is 5.69 Å². The van der Waals surface area contributed by atoms with Crippen molar-refractivity contribution in [1.29, 1.82) is 0 Å². The first kappa shape index (κ1) is 18.5. The predicted molar refractivity (Wildman–Crippen MR) is 97.4 cm³/mol. The fourth-order valence-corrected chi connectivity index (χ4v) is 4.59. The number of aromatic nitrogens is 1. The summed E-state index contributed by atoms with van der Waals surface area (Å²) >= 11 is 0. The number of nitrogens with zero attached hydrogens (tertiary/aromatic N) is 2. The number of hydrogen-bond donors (Lipinski definition) is 1. The third kappa shape index (κ3) is 3.77. The monoisotopic (exact) mass is 375 g/mol. The van der Waals surface area contributed by atoms with E-state index in [1.54, 1.807) is 24.3 Å². The van der Waals surface area contributed by atoms with Gasteiger partial charge >= 0.3 is 0 Å². The molecular formula is C18H21N3O4S. The third-order valence-electron chi connectivity index (χ3n) is 4.21. The van der Waals surface area contributed by atoms with Crippen molar-refractivity contribution in [3.05, 3.63) is 54.4 Å². The van der Waals surface area contributed by atoms with Gasteiger partial charge in [0.15, 0.2) is 0 Å². The Morgan fingerprint density at radius 3 is 2.42 bits per heavy atom. The molecule has 0 spiro atoms. The summed E-state index contributed by atoms with van der Waals surface area (Å²) in [5, 5.41) is 2.74. The highest BCUT2D eigenvalue weighted by molar-refractivity contribution is 7.89. The molecule has 0 aliphatic carbocycles. The van der Waals surface area contributed by atoms with Crippen molar-refractivity contribution in [2.45, 2.75) is 24.3 Å². The number of sulfonamides is 1. The number of amides is 1. The molecule has 0 unspecified atom stereocenters. The Bertz CT molecular complexity index is 880. The molecule has 1 aliphatic heterocycles. The first-order valence-electron chi connectivity index (χ1n) is 8.23. The van der Waals surface area contributed by atoms with Crippen LogP contribution in [0.15, 0.2) is 53.7 Å². The summed E-state index contributed by atoms with van der Waals surface area (Å²) in [5.41, 5.74) is 0.393. The summed E-state index contributed by atoms with van der Waals surface area (Å²) in [6.07, 6.45) is 3.07. The lowest BCUT2D eigenvalue weighted by Gasteiger charge is -2.40. The number of pyridine rings is 1. The molecule has 1 aromatic carbocycles. The van der Waals surface area contributed by atoms with E-state index in [0.29, 0.717) is 31.0 Å². The van der Waals surface area contributed by atoms with E-state index in [4.69, 9.17) is 4.74 Å². The van der Waals surface area contributed by atoms with Crippen LogP contribution in [0.2, 0.25) is 0 Å². The van der Waals surface area contributed by atoms with Crippen LogP contribution in [0.3, 0.4) is 0 Å². The average Bonchev–Trinajstić information content (AvgIpc) is 2.62. The minimum atomic E-state index is -3.63. The van der Waals surface area contributed by atoms with Gasteiger partial charge in [0, 0.05) is 30.2 Å². The highest BCUT2D eigenvalue weighted by atomic mass is 32.2. The lowest BCUT2D eigenvalue weighted by atomic mass is 10.1. The zero-order chi connectivity index (χ0) is 18.8. The first-order chi connectivity index (χ1) is 12.3. The number of anilines is 1. The standard InChI is InChI=1S/C18H21N3O4S/c1-18(2)13-25-12-11-21(18)26(23,24)16-5-3-15(4-6-16)20-17(22)14-7-9-19-10-8-14/h3-10H,11-13H2,1-2H3,(H,20,22). The van der Waals surface area contributed by atoms with Crippen molar-refractivity contribution in [2.75, 3.05) is 25.1 Å². The number of carbonyl (C=O) groups excluding carboxylic acids is 1. The van der Waals surface area contributed by atoms with Crippen LogP contribution in [-0.4, -0.2) is 48.9 Å². The van der Waals surface area contributed by atoms with E-state index in [9.17, 15) is 13.2 Å². The Morgan fingerprint density at radius 2 is 1.81 bits per heavy atom. The second-order valence-corrected chi connectivity index (χ2v) is 8.52. The summed E-state index contributed by atoms with van der Waals surface area (Å²) in [6, 6.07) is 9.38. The van der Waals surface area contributed by atoms with Gasteiger partial charge in [-0.05, 0) is 50.2 Å². The number of morpholine rings is 1. The van der Waals surface area contributed by atoms with Gasteiger partial charge in [0.1, 0.15) is 0 Å². The fraction of sp³-hybridized carbons (Fsp3) is 0.333. The second-order valence-electron chi connectivity index (χ2n) is 6.66. The molecule has 138 valence electrons. The van der Waals surface area contributed by atoms with Crippen LogP contribution in [0.25, 0.3) is 0 Å². The van der Waals surface area contributed by atoms with Gasteiger partial charge in [0.05, 0.1) is 23.6 Å². The van der Waals surface area contributed by atoms with E-state index in [-0.39, 0.29) is 10.8 Å². The number of nitrogens with one attached hydrogen (secondary N) is 1. The normalized spacial score (nSPS) is 17.6. The van der Waals surface area contributed by atoms with E-state index in [1.807, 2.05) is 13.8 Å². The molecule has 1 aliphatic rings. The SMILES string of the molecule is CC1(C)COCCN1S(=O)(=O)c1ccc(NC(=O)c2ccncc2)cc1. The third-order valence-corrected chi connectivity index (χ3v) is 6.34. The zero-order valence-corrected chi connectivity index (χ0v) is 15.5. The van der Waals surface area contributed by atoms with E-state index in [2.05, 4.69) is 10.3 Å². The van der Waals surface area contributed by atoms with Crippen LogP contribution in [0.1, 0.15) is 24.2 Å². The minimum Gasteiger partial charge on any atom is -0.378 e. The van der Waals surface area contributed by atoms with Gasteiger partial charge in [-0.3, -0.25) is 9.78 Å². The van der Waals surface area contributed by atoms with Gasteiger partial charge in [-0.15, -0.1) is 0 Å². The highest BCUT2D eigenvalue weighted by Gasteiger charge is 2.39. The summed E-state index contributed by atoms with van der Waals surface area (Å²) in [4.78, 5) is 16.2. The largest absolute Gasteiger partial charge is 0.378 e. The lowest BCUT2D eigenvalue weighted by molar-refractivity contribution is -0.00770. The van der Waals surface area contributed by atoms with E-state index < -0.39 is 15.6 Å². The molecule has 1 saturated heterocycles. The maximum Gasteiger partial charge on any atom is 0.255 e. The van der Waals surface area contributed by atoms with Crippen LogP contribution in [0, 0.1) is 0 Å². The number of rotatable bonds is 4. The molecule has 0 saturated carbocycles. The second kappa shape index (κ2) is 7.14. The Labute approximate surface area is 153 Å². The minimum absolute atomic E-state index is 0.189. The van der Waals surface area contributed by atoms with Crippen LogP contribution in [-0.2, 0) is 14.8 Å². The summed E-state index contributed by atoms with van der Waals surface area (Å²) < 4.78 is 32.7. The first-order valence-corrected chi connectivity index (χ1v) is 9.67. The molecular weight excluding hydrogens is 354 g/mol. The quantitative estimate of drug-likeness (QED) is 0.884. The van der Waals surface area contributed by atoms with Gasteiger partial charge in [0.2, 0.25) is 10.0 Å². The van der Waals surface area contributed by atoms with E-state index in [0.717, 1.165) is 0 Å².